The number of carbonyl (C=O) groups excluding carboxylic acids is 3. The molecular weight excluding hydrogens is 396 g/mol. The summed E-state index contributed by atoms with van der Waals surface area (Å²) in [5, 5.41) is 5.43. The number of nitrogens with one attached hydrogen (secondary N) is 2. The lowest BCUT2D eigenvalue weighted by atomic mass is 10.0. The third-order valence-electron chi connectivity index (χ3n) is 5.12. The lowest BCUT2D eigenvalue weighted by Crippen LogP contribution is -2.51. The quantitative estimate of drug-likeness (QED) is 0.559. The summed E-state index contributed by atoms with van der Waals surface area (Å²) in [6.07, 6.45) is 0.660. The molecule has 1 fully saturated rings. The van der Waals surface area contributed by atoms with Gasteiger partial charge in [0.05, 0.1) is 6.61 Å². The van der Waals surface area contributed by atoms with Crippen molar-refractivity contribution in [3.05, 3.63) is 35.4 Å². The number of ether oxygens (including phenoxy) is 1. The number of likely N-dealkylation sites (tertiary alicyclic amines) is 1. The normalized spacial score (nSPS) is 17.3. The Morgan fingerprint density at radius 3 is 2.70 bits per heavy atom. The summed E-state index contributed by atoms with van der Waals surface area (Å²) in [7, 11) is 1.53. The molecule has 3 amide bonds. The van der Waals surface area contributed by atoms with E-state index in [1.807, 2.05) is 13.8 Å². The molecule has 1 saturated heterocycles. The summed E-state index contributed by atoms with van der Waals surface area (Å²) in [6.45, 7) is 4.22. The average molecular weight is 425 g/mol. The van der Waals surface area contributed by atoms with Crippen LogP contribution < -0.4 is 10.6 Å². The minimum atomic E-state index is -0.993. The Hall–Kier alpha value is -2.55. The Morgan fingerprint density at radius 1 is 1.30 bits per heavy atom. The van der Waals surface area contributed by atoms with Crippen molar-refractivity contribution in [1.29, 1.82) is 0 Å². The highest BCUT2D eigenvalue weighted by molar-refractivity contribution is 5.88. The molecule has 0 bridgehead atoms. The van der Waals surface area contributed by atoms with Gasteiger partial charge in [0.15, 0.2) is 11.6 Å². The zero-order valence-electron chi connectivity index (χ0n) is 17.5. The number of amides is 3. The molecule has 2 unspecified atom stereocenters. The first-order valence-electron chi connectivity index (χ1n) is 10.0. The van der Waals surface area contributed by atoms with Gasteiger partial charge < -0.3 is 20.3 Å². The van der Waals surface area contributed by atoms with Crippen molar-refractivity contribution in [3.8, 4) is 0 Å². The molecule has 2 atom stereocenters. The molecule has 2 rings (SSSR count). The van der Waals surface area contributed by atoms with E-state index >= 15 is 0 Å². The van der Waals surface area contributed by atoms with Gasteiger partial charge in [-0.2, -0.15) is 0 Å². The Bertz CT molecular complexity index is 773. The van der Waals surface area contributed by atoms with Crippen LogP contribution in [0.5, 0.6) is 0 Å². The summed E-state index contributed by atoms with van der Waals surface area (Å²) >= 11 is 0. The van der Waals surface area contributed by atoms with E-state index in [-0.39, 0.29) is 48.6 Å². The predicted molar refractivity (Wildman–Crippen MR) is 106 cm³/mol. The fraction of sp³-hybridized carbons (Fsp3) is 0.571. The maximum Gasteiger partial charge on any atom is 0.242 e. The van der Waals surface area contributed by atoms with Gasteiger partial charge in [-0.25, -0.2) is 8.78 Å². The van der Waals surface area contributed by atoms with Gasteiger partial charge >= 0.3 is 0 Å². The van der Waals surface area contributed by atoms with Crippen LogP contribution in [0.15, 0.2) is 18.2 Å². The van der Waals surface area contributed by atoms with Crippen LogP contribution >= 0.6 is 0 Å². The van der Waals surface area contributed by atoms with E-state index in [9.17, 15) is 23.2 Å². The topological polar surface area (TPSA) is 87.7 Å². The second-order valence-electron chi connectivity index (χ2n) is 7.70. The SMILES string of the molecule is COCCNC(=O)C(NC(=O)CC1CCC(=O)N1Cc1cccc(F)c1F)C(C)C. The van der Waals surface area contributed by atoms with Crippen molar-refractivity contribution >= 4 is 17.7 Å². The third kappa shape index (κ3) is 6.22. The van der Waals surface area contributed by atoms with Crippen molar-refractivity contribution in [2.75, 3.05) is 20.3 Å². The lowest BCUT2D eigenvalue weighted by molar-refractivity contribution is -0.132. The molecule has 1 heterocycles. The van der Waals surface area contributed by atoms with Gasteiger partial charge in [-0.05, 0) is 18.4 Å². The first kappa shape index (κ1) is 23.7. The minimum absolute atomic E-state index is 0.0166. The Balaban J connectivity index is 2.00. The number of hydrogen-bond acceptors (Lipinski definition) is 4. The monoisotopic (exact) mass is 425 g/mol. The highest BCUT2D eigenvalue weighted by Crippen LogP contribution is 2.25. The van der Waals surface area contributed by atoms with Crippen LogP contribution in [0.25, 0.3) is 0 Å². The number of methoxy groups -OCH3 is 1. The summed E-state index contributed by atoms with van der Waals surface area (Å²) in [5.74, 6) is -3.01. The smallest absolute Gasteiger partial charge is 0.242 e. The highest BCUT2D eigenvalue weighted by Gasteiger charge is 2.34. The van der Waals surface area contributed by atoms with E-state index in [1.54, 1.807) is 0 Å². The lowest BCUT2D eigenvalue weighted by Gasteiger charge is -2.27. The molecule has 166 valence electrons. The van der Waals surface area contributed by atoms with Crippen LogP contribution in [0, 0.1) is 17.6 Å². The largest absolute Gasteiger partial charge is 0.383 e. The zero-order valence-corrected chi connectivity index (χ0v) is 17.5. The van der Waals surface area contributed by atoms with Crippen LogP contribution in [-0.4, -0.2) is 55.0 Å². The Kier molecular flexibility index (Phi) is 8.71. The van der Waals surface area contributed by atoms with Crippen LogP contribution in [0.4, 0.5) is 8.78 Å². The standard InChI is InChI=1S/C21H29F2N3O4/c1-13(2)20(21(29)24-9-10-30-3)25-17(27)11-15-7-8-18(28)26(15)12-14-5-4-6-16(22)19(14)23/h4-6,13,15,20H,7-12H2,1-3H3,(H,24,29)(H,25,27). The molecule has 0 spiro atoms. The summed E-state index contributed by atoms with van der Waals surface area (Å²) in [4.78, 5) is 38.6. The van der Waals surface area contributed by atoms with Crippen LogP contribution in [0.1, 0.15) is 38.7 Å². The van der Waals surface area contributed by atoms with Crippen LogP contribution in [-0.2, 0) is 25.7 Å². The van der Waals surface area contributed by atoms with Gasteiger partial charge in [0, 0.05) is 44.6 Å². The fourth-order valence-corrected chi connectivity index (χ4v) is 3.44. The second-order valence-corrected chi connectivity index (χ2v) is 7.70. The molecule has 7 nitrogen and oxygen atoms in total. The molecule has 1 aromatic carbocycles. The first-order valence-corrected chi connectivity index (χ1v) is 10.0. The molecule has 1 aromatic rings. The minimum Gasteiger partial charge on any atom is -0.383 e. The maximum absolute atomic E-state index is 14.0. The van der Waals surface area contributed by atoms with Crippen molar-refractivity contribution in [2.24, 2.45) is 5.92 Å². The average Bonchev–Trinajstić information content (AvgIpc) is 3.02. The Labute approximate surface area is 175 Å². The highest BCUT2D eigenvalue weighted by atomic mass is 19.2. The van der Waals surface area contributed by atoms with Crippen molar-refractivity contribution in [2.45, 2.75) is 51.7 Å². The molecule has 0 aromatic heterocycles. The van der Waals surface area contributed by atoms with E-state index in [4.69, 9.17) is 4.74 Å². The number of rotatable bonds is 10. The molecule has 1 aliphatic heterocycles. The predicted octanol–water partition coefficient (Wildman–Crippen LogP) is 1.75. The molecule has 0 aliphatic carbocycles. The molecule has 30 heavy (non-hydrogen) atoms. The fourth-order valence-electron chi connectivity index (χ4n) is 3.44. The molecule has 1 aliphatic rings. The maximum atomic E-state index is 14.0. The summed E-state index contributed by atoms with van der Waals surface area (Å²) in [5.41, 5.74) is 0.0632. The summed E-state index contributed by atoms with van der Waals surface area (Å²) in [6, 6.07) is 2.65. The van der Waals surface area contributed by atoms with Crippen LogP contribution in [0.3, 0.4) is 0 Å². The number of nitrogens with zero attached hydrogens (tertiary/aromatic N) is 1. The van der Waals surface area contributed by atoms with Crippen molar-refractivity contribution in [3.63, 3.8) is 0 Å². The van der Waals surface area contributed by atoms with Gasteiger partial charge in [-0.1, -0.05) is 26.0 Å². The molecule has 0 radical (unpaired) electrons. The van der Waals surface area contributed by atoms with Crippen LogP contribution in [0.2, 0.25) is 0 Å². The summed E-state index contributed by atoms with van der Waals surface area (Å²) < 4.78 is 32.4. The molecule has 2 N–H and O–H groups in total. The van der Waals surface area contributed by atoms with Gasteiger partial charge in [0.2, 0.25) is 17.7 Å². The zero-order chi connectivity index (χ0) is 22.3. The molecule has 9 heteroatoms. The number of carbonyl (C=O) groups is 3. The van der Waals surface area contributed by atoms with E-state index in [0.29, 0.717) is 19.6 Å². The van der Waals surface area contributed by atoms with Crippen molar-refractivity contribution < 1.29 is 27.9 Å². The third-order valence-corrected chi connectivity index (χ3v) is 5.12. The number of hydrogen-bond donors (Lipinski definition) is 2. The van der Waals surface area contributed by atoms with E-state index < -0.39 is 23.7 Å². The Morgan fingerprint density at radius 2 is 2.03 bits per heavy atom. The van der Waals surface area contributed by atoms with E-state index in [2.05, 4.69) is 10.6 Å². The molecule has 0 saturated carbocycles. The van der Waals surface area contributed by atoms with Gasteiger partial charge in [-0.3, -0.25) is 14.4 Å². The van der Waals surface area contributed by atoms with Gasteiger partial charge in [-0.15, -0.1) is 0 Å². The van der Waals surface area contributed by atoms with Gasteiger partial charge in [0.1, 0.15) is 6.04 Å². The van der Waals surface area contributed by atoms with Crippen molar-refractivity contribution in [1.82, 2.24) is 15.5 Å². The van der Waals surface area contributed by atoms with E-state index in [1.165, 1.54) is 24.1 Å². The number of benzene rings is 1. The second kappa shape index (κ2) is 11.0. The first-order chi connectivity index (χ1) is 14.2. The molecular formula is C21H29F2N3O4. The number of halogens is 2. The van der Waals surface area contributed by atoms with E-state index in [0.717, 1.165) is 6.07 Å². The van der Waals surface area contributed by atoms with Gasteiger partial charge in [0.25, 0.3) is 0 Å².